The molecule has 6 heteroatoms. The molecule has 1 atom stereocenters. The van der Waals surface area contributed by atoms with Gasteiger partial charge < -0.3 is 9.47 Å². The first kappa shape index (κ1) is 21.9. The predicted octanol–water partition coefficient (Wildman–Crippen LogP) is 4.54. The number of benzene rings is 2. The van der Waals surface area contributed by atoms with Gasteiger partial charge >= 0.3 is 5.69 Å². The van der Waals surface area contributed by atoms with Gasteiger partial charge in [-0.2, -0.15) is 0 Å². The molecule has 32 heavy (non-hydrogen) atoms. The molecule has 168 valence electrons. The van der Waals surface area contributed by atoms with Crippen LogP contribution in [0.5, 0.6) is 11.5 Å². The molecule has 4 rings (SSSR count). The summed E-state index contributed by atoms with van der Waals surface area (Å²) in [6, 6.07) is 10.3. The van der Waals surface area contributed by atoms with Gasteiger partial charge in [-0.25, -0.2) is 9.79 Å². The number of hydrogen-bond donors (Lipinski definition) is 0. The summed E-state index contributed by atoms with van der Waals surface area (Å²) in [7, 11) is 5.07. The minimum atomic E-state index is -0.0708. The largest absolute Gasteiger partial charge is 0.493 e. The van der Waals surface area contributed by atoms with E-state index in [9.17, 15) is 4.79 Å². The highest BCUT2D eigenvalue weighted by Crippen LogP contribution is 2.41. The van der Waals surface area contributed by atoms with Crippen molar-refractivity contribution < 1.29 is 9.47 Å². The van der Waals surface area contributed by atoms with Crippen LogP contribution in [-0.2, 0) is 13.6 Å². The summed E-state index contributed by atoms with van der Waals surface area (Å²) in [5.74, 6) is 1.62. The Balaban J connectivity index is 2.05. The van der Waals surface area contributed by atoms with Gasteiger partial charge in [0.25, 0.3) is 0 Å². The molecule has 0 saturated carbocycles. The van der Waals surface area contributed by atoms with E-state index in [0.717, 1.165) is 40.1 Å². The van der Waals surface area contributed by atoms with Crippen LogP contribution in [0, 0.1) is 20.8 Å². The number of fused-ring (bicyclic) bond motifs is 3. The lowest BCUT2D eigenvalue weighted by Gasteiger charge is -2.17. The van der Waals surface area contributed by atoms with E-state index in [-0.39, 0.29) is 11.6 Å². The minimum absolute atomic E-state index is 0.0708. The fraction of sp³-hybridized carbons (Fsp3) is 0.385. The van der Waals surface area contributed by atoms with Crippen molar-refractivity contribution in [1.82, 2.24) is 9.13 Å². The van der Waals surface area contributed by atoms with Gasteiger partial charge in [-0.3, -0.25) is 9.13 Å². The molecule has 1 unspecified atom stereocenters. The molecule has 3 aromatic rings. The van der Waals surface area contributed by atoms with Gasteiger partial charge in [0.05, 0.1) is 25.6 Å². The Bertz CT molecular complexity index is 1310. The Kier molecular flexibility index (Phi) is 5.71. The number of ether oxygens (including phenoxy) is 2. The highest BCUT2D eigenvalue weighted by atomic mass is 16.5. The van der Waals surface area contributed by atoms with Crippen molar-refractivity contribution in [2.24, 2.45) is 12.0 Å². The molecular weight excluding hydrogens is 402 g/mol. The average Bonchev–Trinajstić information content (AvgIpc) is 2.89. The number of hydrogen-bond acceptors (Lipinski definition) is 4. The van der Waals surface area contributed by atoms with E-state index < -0.39 is 0 Å². The molecule has 0 saturated heterocycles. The van der Waals surface area contributed by atoms with Crippen molar-refractivity contribution in [2.45, 2.75) is 46.6 Å². The Morgan fingerprint density at radius 2 is 1.59 bits per heavy atom. The van der Waals surface area contributed by atoms with E-state index in [2.05, 4.69) is 39.8 Å². The summed E-state index contributed by atoms with van der Waals surface area (Å²) in [5.41, 5.74) is 7.85. The van der Waals surface area contributed by atoms with Crippen LogP contribution in [-0.4, -0.2) is 23.4 Å². The van der Waals surface area contributed by atoms with E-state index in [4.69, 9.17) is 14.5 Å². The summed E-state index contributed by atoms with van der Waals surface area (Å²) in [6.45, 7) is 9.03. The van der Waals surface area contributed by atoms with Crippen molar-refractivity contribution in [1.29, 1.82) is 0 Å². The molecular formula is C26H31N3O3. The van der Waals surface area contributed by atoms with Crippen molar-refractivity contribution in [2.75, 3.05) is 14.2 Å². The zero-order valence-corrected chi connectivity index (χ0v) is 19.9. The van der Waals surface area contributed by atoms with Crippen molar-refractivity contribution in [3.8, 4) is 22.8 Å². The second kappa shape index (κ2) is 8.34. The zero-order chi connectivity index (χ0) is 23.2. The highest BCUT2D eigenvalue weighted by molar-refractivity contribution is 5.70. The Hall–Kier alpha value is -3.28. The lowest BCUT2D eigenvalue weighted by Crippen LogP contribution is -2.38. The van der Waals surface area contributed by atoms with Crippen molar-refractivity contribution in [3.05, 3.63) is 68.6 Å². The smallest absolute Gasteiger partial charge is 0.329 e. The van der Waals surface area contributed by atoms with Crippen LogP contribution < -0.4 is 20.7 Å². The van der Waals surface area contributed by atoms with Crippen LogP contribution in [0.4, 0.5) is 5.69 Å². The van der Waals surface area contributed by atoms with Gasteiger partial charge in [-0.05, 0) is 61.9 Å². The van der Waals surface area contributed by atoms with Crippen molar-refractivity contribution >= 4 is 5.69 Å². The van der Waals surface area contributed by atoms with Crippen molar-refractivity contribution in [3.63, 3.8) is 0 Å². The predicted molar refractivity (Wildman–Crippen MR) is 127 cm³/mol. The molecule has 6 nitrogen and oxygen atoms in total. The minimum Gasteiger partial charge on any atom is -0.493 e. The molecule has 0 bridgehead atoms. The molecule has 0 radical (unpaired) electrons. The molecule has 0 amide bonds. The molecule has 0 fully saturated rings. The highest BCUT2D eigenvalue weighted by Gasteiger charge is 2.24. The lowest BCUT2D eigenvalue weighted by molar-refractivity contribution is 0.354. The van der Waals surface area contributed by atoms with Crippen LogP contribution in [0.2, 0.25) is 0 Å². The summed E-state index contributed by atoms with van der Waals surface area (Å²) >= 11 is 0. The number of aromatic nitrogens is 2. The van der Waals surface area contributed by atoms with Gasteiger partial charge in [0.2, 0.25) is 0 Å². The van der Waals surface area contributed by atoms with E-state index in [1.54, 1.807) is 25.8 Å². The first-order valence-electron chi connectivity index (χ1n) is 10.9. The van der Waals surface area contributed by atoms with E-state index in [1.807, 2.05) is 22.8 Å². The zero-order valence-electron chi connectivity index (χ0n) is 19.9. The summed E-state index contributed by atoms with van der Waals surface area (Å²) in [4.78, 5) is 18.3. The van der Waals surface area contributed by atoms with Crippen LogP contribution >= 0.6 is 0 Å². The third-order valence-corrected chi connectivity index (χ3v) is 6.43. The third-order valence-electron chi connectivity index (χ3n) is 6.43. The summed E-state index contributed by atoms with van der Waals surface area (Å²) < 4.78 is 14.6. The van der Waals surface area contributed by atoms with Crippen LogP contribution in [0.1, 0.15) is 41.5 Å². The Morgan fingerprint density at radius 1 is 0.969 bits per heavy atom. The maximum Gasteiger partial charge on any atom is 0.329 e. The van der Waals surface area contributed by atoms with E-state index in [1.165, 1.54) is 5.56 Å². The number of aryl methyl sites for hydroxylation is 3. The van der Waals surface area contributed by atoms with Gasteiger partial charge in [-0.1, -0.05) is 24.6 Å². The van der Waals surface area contributed by atoms with Gasteiger partial charge in [0, 0.05) is 25.2 Å². The normalized spacial score (nSPS) is 15.7. The first-order chi connectivity index (χ1) is 15.2. The average molecular weight is 434 g/mol. The SMILES string of the molecule is COc1cc2c(cc1OC)C(C)CCn1c-2cc(=Nc2c(C)cc(C)cc2C)n(C)c1=O. The van der Waals surface area contributed by atoms with E-state index in [0.29, 0.717) is 23.5 Å². The molecule has 1 aliphatic heterocycles. The fourth-order valence-corrected chi connectivity index (χ4v) is 4.69. The molecule has 2 aromatic carbocycles. The molecule has 2 heterocycles. The van der Waals surface area contributed by atoms with E-state index >= 15 is 0 Å². The quantitative estimate of drug-likeness (QED) is 0.610. The Morgan fingerprint density at radius 3 is 2.22 bits per heavy atom. The maximum absolute atomic E-state index is 13.4. The monoisotopic (exact) mass is 433 g/mol. The van der Waals surface area contributed by atoms with Gasteiger partial charge in [-0.15, -0.1) is 0 Å². The second-order valence-corrected chi connectivity index (χ2v) is 8.72. The van der Waals surface area contributed by atoms with Crippen LogP contribution in [0.25, 0.3) is 11.3 Å². The summed E-state index contributed by atoms with van der Waals surface area (Å²) in [6.07, 6.45) is 0.863. The number of rotatable bonds is 3. The Labute approximate surface area is 188 Å². The molecule has 0 N–H and O–H groups in total. The molecule has 0 aliphatic carbocycles. The van der Waals surface area contributed by atoms with Crippen LogP contribution in [0.15, 0.2) is 40.1 Å². The number of nitrogens with zero attached hydrogens (tertiary/aromatic N) is 3. The third kappa shape index (κ3) is 3.64. The first-order valence-corrected chi connectivity index (χ1v) is 10.9. The van der Waals surface area contributed by atoms with Gasteiger partial charge in [0.15, 0.2) is 11.5 Å². The molecule has 0 spiro atoms. The lowest BCUT2D eigenvalue weighted by atomic mass is 9.92. The molecule has 1 aliphatic rings. The summed E-state index contributed by atoms with van der Waals surface area (Å²) in [5, 5.41) is 0. The fourth-order valence-electron chi connectivity index (χ4n) is 4.69. The standard InChI is InChI=1S/C26H31N3O3/c1-15-10-17(3)25(18(4)11-15)27-24-14-21-20-13-23(32-7)22(31-6)12-19(20)16(2)8-9-29(21)26(30)28(24)5/h10-14,16H,8-9H2,1-7H3. The molecule has 1 aromatic heterocycles. The maximum atomic E-state index is 13.4. The second-order valence-electron chi connectivity index (χ2n) is 8.72. The number of methoxy groups -OCH3 is 2. The van der Waals surface area contributed by atoms with Crippen LogP contribution in [0.3, 0.4) is 0 Å². The topological polar surface area (TPSA) is 57.8 Å². The van der Waals surface area contributed by atoms with Gasteiger partial charge in [0.1, 0.15) is 5.49 Å².